The Labute approximate surface area is 205 Å². The van der Waals surface area contributed by atoms with Crippen molar-refractivity contribution in [3.8, 4) is 11.1 Å². The van der Waals surface area contributed by atoms with Gasteiger partial charge in [-0.1, -0.05) is 68.3 Å². The topological polar surface area (TPSA) is 105 Å². The lowest BCUT2D eigenvalue weighted by atomic mass is 9.48. The van der Waals surface area contributed by atoms with Gasteiger partial charge in [-0.2, -0.15) is 0 Å². The molecule has 7 nitrogen and oxygen atoms in total. The SMILES string of the molecule is CCCC(NC(=O)OCC1c2ccccc2-c2ccccc21)C(=O)NC1(C(=O)O)CC2(CCC2)C1. The van der Waals surface area contributed by atoms with E-state index in [1.165, 1.54) is 0 Å². The Hall–Kier alpha value is -3.35. The van der Waals surface area contributed by atoms with E-state index in [0.717, 1.165) is 41.5 Å². The number of benzene rings is 2. The minimum Gasteiger partial charge on any atom is -0.480 e. The van der Waals surface area contributed by atoms with Gasteiger partial charge in [0.15, 0.2) is 0 Å². The van der Waals surface area contributed by atoms with Gasteiger partial charge in [0.05, 0.1) is 0 Å². The molecule has 2 aromatic carbocycles. The van der Waals surface area contributed by atoms with Crippen LogP contribution in [0.25, 0.3) is 11.1 Å². The molecular weight excluding hydrogens is 444 g/mol. The van der Waals surface area contributed by atoms with Crippen LogP contribution in [0.5, 0.6) is 0 Å². The fraction of sp³-hybridized carbons (Fsp3) is 0.464. The lowest BCUT2D eigenvalue weighted by Gasteiger charge is -2.59. The van der Waals surface area contributed by atoms with Gasteiger partial charge in [0, 0.05) is 5.92 Å². The summed E-state index contributed by atoms with van der Waals surface area (Å²) in [5, 5.41) is 15.3. The number of hydrogen-bond acceptors (Lipinski definition) is 4. The third kappa shape index (κ3) is 4.17. The number of aliphatic carboxylic acids is 1. The summed E-state index contributed by atoms with van der Waals surface area (Å²) in [6.45, 7) is 2.07. The number of fused-ring (bicyclic) bond motifs is 3. The molecule has 3 aliphatic rings. The van der Waals surface area contributed by atoms with Crippen molar-refractivity contribution in [2.45, 2.75) is 69.4 Å². The van der Waals surface area contributed by atoms with Crippen LogP contribution in [0, 0.1) is 5.41 Å². The molecule has 0 bridgehead atoms. The molecule has 7 heteroatoms. The zero-order chi connectivity index (χ0) is 24.6. The van der Waals surface area contributed by atoms with Crippen LogP contribution in [0.15, 0.2) is 48.5 Å². The highest BCUT2D eigenvalue weighted by Crippen LogP contribution is 2.60. The van der Waals surface area contributed by atoms with Crippen LogP contribution < -0.4 is 10.6 Å². The average Bonchev–Trinajstić information content (AvgIpc) is 3.11. The summed E-state index contributed by atoms with van der Waals surface area (Å²) in [5.41, 5.74) is 3.36. The number of carbonyl (C=O) groups excluding carboxylic acids is 2. The number of nitrogens with one attached hydrogen (secondary N) is 2. The van der Waals surface area contributed by atoms with E-state index in [1.54, 1.807) is 0 Å². The second kappa shape index (κ2) is 9.02. The minimum absolute atomic E-state index is 0.0736. The van der Waals surface area contributed by atoms with E-state index in [4.69, 9.17) is 4.74 Å². The lowest BCUT2D eigenvalue weighted by Crippen LogP contribution is -2.69. The van der Waals surface area contributed by atoms with E-state index < -0.39 is 29.6 Å². The van der Waals surface area contributed by atoms with Crippen LogP contribution in [0.2, 0.25) is 0 Å². The zero-order valence-corrected chi connectivity index (χ0v) is 20.0. The minimum atomic E-state index is -1.23. The first kappa shape index (κ1) is 23.4. The Morgan fingerprint density at radius 2 is 1.63 bits per heavy atom. The number of carbonyl (C=O) groups is 3. The second-order valence-electron chi connectivity index (χ2n) is 10.4. The van der Waals surface area contributed by atoms with Crippen LogP contribution in [0.3, 0.4) is 0 Å². The molecule has 2 saturated carbocycles. The maximum atomic E-state index is 13.0. The summed E-state index contributed by atoms with van der Waals surface area (Å²) >= 11 is 0. The van der Waals surface area contributed by atoms with Crippen LogP contribution >= 0.6 is 0 Å². The monoisotopic (exact) mass is 476 g/mol. The molecule has 2 amide bonds. The molecule has 35 heavy (non-hydrogen) atoms. The maximum Gasteiger partial charge on any atom is 0.407 e. The van der Waals surface area contributed by atoms with E-state index in [0.29, 0.717) is 25.7 Å². The lowest BCUT2D eigenvalue weighted by molar-refractivity contribution is -0.166. The Bertz CT molecular complexity index is 1100. The molecular formula is C28H32N2O5. The highest BCUT2D eigenvalue weighted by atomic mass is 16.5. The summed E-state index contributed by atoms with van der Waals surface area (Å²) in [6.07, 6.45) is 4.47. The highest BCUT2D eigenvalue weighted by Gasteiger charge is 2.62. The van der Waals surface area contributed by atoms with Gasteiger partial charge in [0.1, 0.15) is 18.2 Å². The van der Waals surface area contributed by atoms with Gasteiger partial charge in [-0.15, -0.1) is 0 Å². The first-order valence-corrected chi connectivity index (χ1v) is 12.5. The van der Waals surface area contributed by atoms with Crippen molar-refractivity contribution in [3.63, 3.8) is 0 Å². The molecule has 0 aromatic heterocycles. The number of amides is 2. The van der Waals surface area contributed by atoms with Crippen LogP contribution in [-0.2, 0) is 14.3 Å². The Morgan fingerprint density at radius 1 is 1.03 bits per heavy atom. The average molecular weight is 477 g/mol. The Kier molecular flexibility index (Phi) is 6.03. The number of ether oxygens (including phenoxy) is 1. The fourth-order valence-corrected chi connectivity index (χ4v) is 6.21. The fourth-order valence-electron chi connectivity index (χ4n) is 6.21. The summed E-state index contributed by atoms with van der Waals surface area (Å²) < 4.78 is 5.60. The molecule has 184 valence electrons. The van der Waals surface area contributed by atoms with Gasteiger partial charge in [0.25, 0.3) is 0 Å². The number of alkyl carbamates (subject to hydrolysis) is 1. The maximum absolute atomic E-state index is 13.0. The van der Waals surface area contributed by atoms with Gasteiger partial charge in [-0.25, -0.2) is 9.59 Å². The summed E-state index contributed by atoms with van der Waals surface area (Å²) in [4.78, 5) is 37.8. The van der Waals surface area contributed by atoms with Gasteiger partial charge in [-0.3, -0.25) is 4.79 Å². The Balaban J connectivity index is 1.22. The number of rotatable bonds is 8. The quantitative estimate of drug-likeness (QED) is 0.517. The van der Waals surface area contributed by atoms with Crippen LogP contribution in [-0.4, -0.2) is 41.3 Å². The van der Waals surface area contributed by atoms with E-state index in [-0.39, 0.29) is 17.9 Å². The molecule has 0 aliphatic heterocycles. The second-order valence-corrected chi connectivity index (χ2v) is 10.4. The number of carboxylic acids is 1. The summed E-state index contributed by atoms with van der Waals surface area (Å²) in [7, 11) is 0. The molecule has 5 rings (SSSR count). The van der Waals surface area contributed by atoms with Crippen molar-refractivity contribution >= 4 is 18.0 Å². The Morgan fingerprint density at radius 3 is 2.14 bits per heavy atom. The zero-order valence-electron chi connectivity index (χ0n) is 20.0. The third-order valence-electron chi connectivity index (χ3n) is 8.07. The number of hydrogen-bond donors (Lipinski definition) is 3. The molecule has 0 saturated heterocycles. The van der Waals surface area contributed by atoms with E-state index in [2.05, 4.69) is 22.8 Å². The normalized spacial score (nSPS) is 19.5. The standard InChI is InChI=1S/C28H32N2O5/c1-2-8-23(24(31)30-28(25(32)33)16-27(17-28)13-7-14-27)29-26(34)35-15-22-20-11-5-3-9-18(20)19-10-4-6-12-21(19)22/h3-6,9-12,22-23H,2,7-8,13-17H2,1H3,(H,29,34)(H,30,31)(H,32,33). The van der Waals surface area contributed by atoms with Gasteiger partial charge in [-0.05, 0) is 59.8 Å². The van der Waals surface area contributed by atoms with Crippen molar-refractivity contribution in [1.82, 2.24) is 10.6 Å². The molecule has 0 heterocycles. The first-order valence-electron chi connectivity index (χ1n) is 12.5. The molecule has 1 unspecified atom stereocenters. The molecule has 3 N–H and O–H groups in total. The first-order chi connectivity index (χ1) is 16.9. The third-order valence-corrected chi connectivity index (χ3v) is 8.07. The smallest absolute Gasteiger partial charge is 0.407 e. The molecule has 3 aliphatic carbocycles. The van der Waals surface area contributed by atoms with Crippen molar-refractivity contribution in [2.75, 3.05) is 6.61 Å². The van der Waals surface area contributed by atoms with Crippen molar-refractivity contribution < 1.29 is 24.2 Å². The van der Waals surface area contributed by atoms with E-state index in [9.17, 15) is 19.5 Å². The molecule has 2 fully saturated rings. The highest BCUT2D eigenvalue weighted by molar-refractivity contribution is 5.92. The van der Waals surface area contributed by atoms with Gasteiger partial charge < -0.3 is 20.5 Å². The van der Waals surface area contributed by atoms with Crippen molar-refractivity contribution in [3.05, 3.63) is 59.7 Å². The van der Waals surface area contributed by atoms with Crippen LogP contribution in [0.4, 0.5) is 4.79 Å². The van der Waals surface area contributed by atoms with Crippen molar-refractivity contribution in [1.29, 1.82) is 0 Å². The summed E-state index contributed by atoms with van der Waals surface area (Å²) in [5.74, 6) is -1.53. The molecule has 0 radical (unpaired) electrons. The van der Waals surface area contributed by atoms with Gasteiger partial charge >= 0.3 is 12.1 Å². The van der Waals surface area contributed by atoms with Gasteiger partial charge in [0.2, 0.25) is 5.91 Å². The predicted octanol–water partition coefficient (Wildman–Crippen LogP) is 4.60. The largest absolute Gasteiger partial charge is 0.480 e. The molecule has 1 spiro atoms. The predicted molar refractivity (Wildman–Crippen MR) is 131 cm³/mol. The van der Waals surface area contributed by atoms with E-state index in [1.807, 2.05) is 43.3 Å². The summed E-state index contributed by atoms with van der Waals surface area (Å²) in [6, 6.07) is 15.4. The van der Waals surface area contributed by atoms with Crippen LogP contribution in [0.1, 0.15) is 68.9 Å². The molecule has 2 aromatic rings. The molecule has 1 atom stereocenters. The van der Waals surface area contributed by atoms with E-state index >= 15 is 0 Å². The number of carboxylic acid groups (broad SMARTS) is 1. The van der Waals surface area contributed by atoms with Crippen molar-refractivity contribution in [2.24, 2.45) is 5.41 Å².